The van der Waals surface area contributed by atoms with Crippen molar-refractivity contribution < 1.29 is 23.8 Å². The Morgan fingerprint density at radius 1 is 1.12 bits per heavy atom. The van der Waals surface area contributed by atoms with Gasteiger partial charge in [-0.2, -0.15) is 9.61 Å². The van der Waals surface area contributed by atoms with Crippen LogP contribution in [0.15, 0.2) is 42.7 Å². The minimum atomic E-state index is -0.507. The highest BCUT2D eigenvalue weighted by Gasteiger charge is 2.44. The van der Waals surface area contributed by atoms with Gasteiger partial charge in [0.25, 0.3) is 0 Å². The van der Waals surface area contributed by atoms with E-state index in [0.717, 1.165) is 18.4 Å². The maximum absolute atomic E-state index is 14.2. The van der Waals surface area contributed by atoms with E-state index in [1.165, 1.54) is 24.6 Å². The van der Waals surface area contributed by atoms with E-state index in [9.17, 15) is 19.1 Å². The number of aliphatic hydroxyl groups excluding tert-OH is 1. The molecule has 2 fully saturated rings. The van der Waals surface area contributed by atoms with Gasteiger partial charge in [0.1, 0.15) is 12.4 Å². The van der Waals surface area contributed by atoms with E-state index in [-0.39, 0.29) is 41.3 Å². The zero-order chi connectivity index (χ0) is 28.1. The molecule has 1 aromatic carbocycles. The van der Waals surface area contributed by atoms with Crippen molar-refractivity contribution in [3.05, 3.63) is 59.8 Å². The molecule has 0 saturated carbocycles. The topological polar surface area (TPSA) is 136 Å². The molecule has 1 amide bonds. The van der Waals surface area contributed by atoms with E-state index in [4.69, 9.17) is 15.5 Å². The summed E-state index contributed by atoms with van der Waals surface area (Å²) in [5, 5.41) is 13.9. The van der Waals surface area contributed by atoms with Gasteiger partial charge in [-0.25, -0.2) is 9.37 Å². The fraction of sp³-hybridized carbons (Fsp3) is 0.345. The Morgan fingerprint density at radius 3 is 2.45 bits per heavy atom. The molecule has 2 aliphatic heterocycles. The molecule has 2 bridgehead atoms. The second-order valence-electron chi connectivity index (χ2n) is 10.4. The molecule has 2 saturated heterocycles. The highest BCUT2D eigenvalue weighted by molar-refractivity contribution is 6.00. The Labute approximate surface area is 229 Å². The average Bonchev–Trinajstić information content (AvgIpc) is 3.50. The fourth-order valence-corrected chi connectivity index (χ4v) is 6.33. The first-order chi connectivity index (χ1) is 19.3. The number of benzene rings is 1. The number of ketones is 1. The molecule has 10 nitrogen and oxygen atoms in total. The van der Waals surface area contributed by atoms with Gasteiger partial charge in [0.15, 0.2) is 23.0 Å². The van der Waals surface area contributed by atoms with Crippen molar-refractivity contribution in [1.82, 2.24) is 24.5 Å². The van der Waals surface area contributed by atoms with Gasteiger partial charge in [0, 0.05) is 40.9 Å². The number of nitrogens with zero attached hydrogens (tertiary/aromatic N) is 5. The zero-order valence-electron chi connectivity index (χ0n) is 22.2. The van der Waals surface area contributed by atoms with Crippen LogP contribution in [0.25, 0.3) is 28.0 Å². The molecule has 0 aliphatic carbocycles. The molecule has 0 spiro atoms. The van der Waals surface area contributed by atoms with Crippen molar-refractivity contribution in [1.29, 1.82) is 0 Å². The number of anilines is 1. The number of ether oxygens (including phenoxy) is 1. The number of halogens is 1. The van der Waals surface area contributed by atoms with Gasteiger partial charge >= 0.3 is 0 Å². The lowest BCUT2D eigenvalue weighted by Crippen LogP contribution is -2.47. The number of Topliss-reactive ketones (excluding diaryl/α,β-unsaturated/α-hetero) is 1. The summed E-state index contributed by atoms with van der Waals surface area (Å²) >= 11 is 0. The molecule has 2 aliphatic rings. The van der Waals surface area contributed by atoms with Crippen LogP contribution in [0.3, 0.4) is 0 Å². The number of aliphatic hydroxyl groups is 1. The maximum atomic E-state index is 14.2. The van der Waals surface area contributed by atoms with E-state index in [1.807, 2.05) is 6.07 Å². The van der Waals surface area contributed by atoms with Crippen molar-refractivity contribution in [2.24, 2.45) is 0 Å². The Kier molecular flexibility index (Phi) is 6.46. The first kappa shape index (κ1) is 25.9. The Balaban J connectivity index is 1.38. The van der Waals surface area contributed by atoms with E-state index in [2.05, 4.69) is 10.1 Å². The van der Waals surface area contributed by atoms with Crippen molar-refractivity contribution in [2.45, 2.75) is 50.6 Å². The summed E-state index contributed by atoms with van der Waals surface area (Å²) in [6.07, 6.45) is 6.31. The second-order valence-corrected chi connectivity index (χ2v) is 10.4. The van der Waals surface area contributed by atoms with Gasteiger partial charge in [0.05, 0.1) is 30.3 Å². The van der Waals surface area contributed by atoms with Gasteiger partial charge in [-0.3, -0.25) is 14.6 Å². The molecule has 3 N–H and O–H groups in total. The molecule has 11 heteroatoms. The lowest BCUT2D eigenvalue weighted by atomic mass is 9.85. The zero-order valence-corrected chi connectivity index (χ0v) is 22.2. The molecule has 3 aromatic heterocycles. The molecular formula is C29H29FN6O4. The highest BCUT2D eigenvalue weighted by Crippen LogP contribution is 2.44. The van der Waals surface area contributed by atoms with Gasteiger partial charge in [-0.1, -0.05) is 6.07 Å². The molecular weight excluding hydrogens is 515 g/mol. The highest BCUT2D eigenvalue weighted by atomic mass is 19.1. The number of nitrogen functional groups attached to an aromatic ring is 1. The first-order valence-electron chi connectivity index (χ1n) is 13.2. The fourth-order valence-electron chi connectivity index (χ4n) is 6.33. The van der Waals surface area contributed by atoms with Gasteiger partial charge in [-0.05, 0) is 56.9 Å². The SMILES string of the molecule is COc1ccc(-c2ccc(-c3cnn4c(N)c(C(C)=O)c(C5CC6CCC(C5)N6C(=O)CO)nc34)cn2)cc1F. The summed E-state index contributed by atoms with van der Waals surface area (Å²) in [5.41, 5.74) is 10.6. The molecule has 5 heterocycles. The lowest BCUT2D eigenvalue weighted by molar-refractivity contribution is -0.138. The Bertz CT molecular complexity index is 1620. The van der Waals surface area contributed by atoms with Gasteiger partial charge in [0.2, 0.25) is 5.91 Å². The number of pyridine rings is 1. The van der Waals surface area contributed by atoms with E-state index < -0.39 is 12.4 Å². The number of hydrogen-bond donors (Lipinski definition) is 2. The van der Waals surface area contributed by atoms with Crippen LogP contribution in [0.2, 0.25) is 0 Å². The standard InChI is InChI=1S/C29H29FN6O4/c1-15(38)26-27(18-9-19-5-6-20(10-18)35(19)25(39)14-37)34-29-21(13-33-36(29)28(26)31)17-3-7-23(32-12-17)16-4-8-24(40-2)22(30)11-16/h3-4,7-8,11-13,18-20,37H,5-6,9-10,14,31H2,1-2H3. The maximum Gasteiger partial charge on any atom is 0.248 e. The molecule has 4 aromatic rings. The van der Waals surface area contributed by atoms with Crippen molar-refractivity contribution >= 4 is 23.2 Å². The number of carbonyl (C=O) groups is 2. The number of piperidine rings is 1. The van der Waals surface area contributed by atoms with Crippen LogP contribution in [0, 0.1) is 5.82 Å². The number of methoxy groups -OCH3 is 1. The van der Waals surface area contributed by atoms with Gasteiger partial charge < -0.3 is 20.5 Å². The third-order valence-corrected chi connectivity index (χ3v) is 8.13. The van der Waals surface area contributed by atoms with Crippen LogP contribution in [0.4, 0.5) is 10.2 Å². The van der Waals surface area contributed by atoms with Crippen LogP contribution in [0.1, 0.15) is 54.6 Å². The Morgan fingerprint density at radius 2 is 1.85 bits per heavy atom. The molecule has 2 unspecified atom stereocenters. The minimum absolute atomic E-state index is 0.00799. The average molecular weight is 545 g/mol. The van der Waals surface area contributed by atoms with E-state index >= 15 is 0 Å². The number of nitrogens with two attached hydrogens (primary N) is 1. The first-order valence-corrected chi connectivity index (χ1v) is 13.2. The second kappa shape index (κ2) is 9.98. The van der Waals surface area contributed by atoms with Crippen LogP contribution in [0.5, 0.6) is 5.75 Å². The van der Waals surface area contributed by atoms with E-state index in [1.54, 1.807) is 35.5 Å². The molecule has 6 rings (SSSR count). The van der Waals surface area contributed by atoms with Crippen LogP contribution in [-0.2, 0) is 4.79 Å². The summed E-state index contributed by atoms with van der Waals surface area (Å²) in [4.78, 5) is 36.4. The van der Waals surface area contributed by atoms with Gasteiger partial charge in [-0.15, -0.1) is 0 Å². The predicted molar refractivity (Wildman–Crippen MR) is 145 cm³/mol. The normalized spacial score (nSPS) is 20.2. The molecule has 2 atom stereocenters. The van der Waals surface area contributed by atoms with Crippen LogP contribution in [-0.4, -0.2) is 67.1 Å². The molecule has 0 radical (unpaired) electrons. The predicted octanol–water partition coefficient (Wildman–Crippen LogP) is 3.62. The number of amides is 1. The number of fused-ring (bicyclic) bond motifs is 3. The number of aromatic nitrogens is 4. The molecule has 206 valence electrons. The Hall–Kier alpha value is -4.38. The van der Waals surface area contributed by atoms with Crippen molar-refractivity contribution in [3.63, 3.8) is 0 Å². The summed E-state index contributed by atoms with van der Waals surface area (Å²) < 4.78 is 20.7. The smallest absolute Gasteiger partial charge is 0.248 e. The monoisotopic (exact) mass is 544 g/mol. The van der Waals surface area contributed by atoms with E-state index in [0.29, 0.717) is 46.6 Å². The number of rotatable bonds is 6. The summed E-state index contributed by atoms with van der Waals surface area (Å²) in [6.45, 7) is 0.962. The van der Waals surface area contributed by atoms with Crippen LogP contribution < -0.4 is 10.5 Å². The van der Waals surface area contributed by atoms with Crippen molar-refractivity contribution in [3.8, 4) is 28.1 Å². The summed E-state index contributed by atoms with van der Waals surface area (Å²) in [7, 11) is 1.42. The minimum Gasteiger partial charge on any atom is -0.494 e. The summed E-state index contributed by atoms with van der Waals surface area (Å²) in [6, 6.07) is 8.31. The largest absolute Gasteiger partial charge is 0.494 e. The molecule has 40 heavy (non-hydrogen) atoms. The van der Waals surface area contributed by atoms with Crippen LogP contribution >= 0.6 is 0 Å². The number of hydrogen-bond acceptors (Lipinski definition) is 8. The summed E-state index contributed by atoms with van der Waals surface area (Å²) in [5.74, 6) is -0.611. The quantitative estimate of drug-likeness (QED) is 0.351. The number of carbonyl (C=O) groups excluding carboxylic acids is 2. The van der Waals surface area contributed by atoms with Crippen molar-refractivity contribution in [2.75, 3.05) is 19.5 Å². The third-order valence-electron chi connectivity index (χ3n) is 8.13. The lowest BCUT2D eigenvalue weighted by Gasteiger charge is -2.39. The third kappa shape index (κ3) is 4.17.